The van der Waals surface area contributed by atoms with Gasteiger partial charge in [-0.2, -0.15) is 0 Å². The number of carbonyl (C=O) groups excluding carboxylic acids is 2. The van der Waals surface area contributed by atoms with Crippen molar-refractivity contribution in [2.45, 2.75) is 20.8 Å². The molecule has 0 fully saturated rings. The molecule has 0 aromatic carbocycles. The van der Waals surface area contributed by atoms with E-state index in [0.717, 1.165) is 0 Å². The molecular weight excluding hydrogens is 182 g/mol. The first-order valence-corrected chi connectivity index (χ1v) is 4.68. The van der Waals surface area contributed by atoms with Gasteiger partial charge in [-0.25, -0.2) is 0 Å². The summed E-state index contributed by atoms with van der Waals surface area (Å²) in [6, 6.07) is 0. The summed E-state index contributed by atoms with van der Waals surface area (Å²) in [6.45, 7) is 4.63. The zero-order valence-corrected chi connectivity index (χ0v) is 9.88. The van der Waals surface area contributed by atoms with Crippen LogP contribution in [0.4, 0.5) is 0 Å². The van der Waals surface area contributed by atoms with Gasteiger partial charge in [0, 0.05) is 0 Å². The van der Waals surface area contributed by atoms with Crippen molar-refractivity contribution in [3.63, 3.8) is 0 Å². The van der Waals surface area contributed by atoms with Crippen molar-refractivity contribution in [2.75, 3.05) is 21.1 Å². The minimum Gasteiger partial charge on any atom is -0.549 e. The van der Waals surface area contributed by atoms with Crippen molar-refractivity contribution < 1.29 is 19.6 Å². The van der Waals surface area contributed by atoms with Crippen LogP contribution < -0.4 is 10.0 Å². The molecule has 0 aliphatic carbocycles. The summed E-state index contributed by atoms with van der Waals surface area (Å²) in [7, 11) is 6.25. The lowest BCUT2D eigenvalue weighted by Gasteiger charge is -2.17. The molecule has 0 aromatic rings. The van der Waals surface area contributed by atoms with E-state index in [1.807, 2.05) is 0 Å². The van der Waals surface area contributed by atoms with Crippen LogP contribution in [0.15, 0.2) is 0 Å². The fourth-order valence-electron chi connectivity index (χ4n) is 0.908. The number of nitrogens with one attached hydrogen (secondary N) is 1. The van der Waals surface area contributed by atoms with E-state index in [-0.39, 0.29) is 11.7 Å². The van der Waals surface area contributed by atoms with Crippen LogP contribution in [0.2, 0.25) is 0 Å². The van der Waals surface area contributed by atoms with Crippen LogP contribution in [0.25, 0.3) is 0 Å². The maximum absolute atomic E-state index is 10.6. The summed E-state index contributed by atoms with van der Waals surface area (Å²) in [5.41, 5.74) is 0. The predicted octanol–water partition coefficient (Wildman–Crippen LogP) is -1.64. The summed E-state index contributed by atoms with van der Waals surface area (Å²) in [5.74, 6) is -2.74. The standard InChI is InChI=1S/C7H12O3.C3H9N/c1-4(2)6(5(3)8)7(9)10;1-4(2)3/h4,6H,1-3H3,(H,9,10);1-3H3. The molecule has 0 saturated carbocycles. The minimum absolute atomic E-state index is 0.178. The minimum atomic E-state index is -1.28. The number of carbonyl (C=O) groups is 2. The lowest BCUT2D eigenvalue weighted by Crippen LogP contribution is -3.02. The lowest BCUT2D eigenvalue weighted by atomic mass is 9.93. The topological polar surface area (TPSA) is 61.6 Å². The van der Waals surface area contributed by atoms with E-state index in [2.05, 4.69) is 21.1 Å². The number of carboxylic acid groups (broad SMARTS) is 1. The molecule has 0 heterocycles. The Morgan fingerprint density at radius 1 is 1.14 bits per heavy atom. The Morgan fingerprint density at radius 3 is 1.43 bits per heavy atom. The van der Waals surface area contributed by atoms with Gasteiger partial charge in [0.05, 0.1) is 33.0 Å². The van der Waals surface area contributed by atoms with Gasteiger partial charge in [-0.05, 0) is 12.8 Å². The molecule has 4 nitrogen and oxygen atoms in total. The maximum Gasteiger partial charge on any atom is 0.138 e. The molecule has 0 aliphatic heterocycles. The highest BCUT2D eigenvalue weighted by Crippen LogP contribution is 2.10. The molecule has 0 radical (unpaired) electrons. The van der Waals surface area contributed by atoms with Crippen molar-refractivity contribution in [3.8, 4) is 0 Å². The van der Waals surface area contributed by atoms with Gasteiger partial charge in [0.1, 0.15) is 5.78 Å². The molecule has 14 heavy (non-hydrogen) atoms. The first-order chi connectivity index (χ1) is 6.20. The fraction of sp³-hybridized carbons (Fsp3) is 0.800. The Hall–Kier alpha value is -0.900. The van der Waals surface area contributed by atoms with Gasteiger partial charge < -0.3 is 14.8 Å². The van der Waals surface area contributed by atoms with Gasteiger partial charge in [-0.3, -0.25) is 4.79 Å². The number of hydrogen-bond acceptors (Lipinski definition) is 3. The summed E-state index contributed by atoms with van der Waals surface area (Å²) >= 11 is 0. The first-order valence-electron chi connectivity index (χ1n) is 4.68. The second kappa shape index (κ2) is 7.50. The van der Waals surface area contributed by atoms with Gasteiger partial charge >= 0.3 is 0 Å². The van der Waals surface area contributed by atoms with Crippen LogP contribution in [0.3, 0.4) is 0 Å². The molecule has 0 rings (SSSR count). The molecule has 0 aliphatic rings. The van der Waals surface area contributed by atoms with Gasteiger partial charge in [-0.1, -0.05) is 13.8 Å². The van der Waals surface area contributed by atoms with Gasteiger partial charge in [0.2, 0.25) is 0 Å². The van der Waals surface area contributed by atoms with Crippen LogP contribution in [-0.2, 0) is 9.59 Å². The predicted molar refractivity (Wildman–Crippen MR) is 52.8 cm³/mol. The molecule has 0 aromatic heterocycles. The van der Waals surface area contributed by atoms with E-state index >= 15 is 0 Å². The molecule has 0 amide bonds. The van der Waals surface area contributed by atoms with E-state index in [1.54, 1.807) is 13.8 Å². The lowest BCUT2D eigenvalue weighted by molar-refractivity contribution is -0.836. The van der Waals surface area contributed by atoms with Crippen molar-refractivity contribution in [3.05, 3.63) is 0 Å². The second-order valence-electron chi connectivity index (χ2n) is 4.15. The third-order valence-corrected chi connectivity index (χ3v) is 1.36. The number of hydrogen-bond donors (Lipinski definition) is 1. The molecule has 84 valence electrons. The maximum atomic E-state index is 10.6. The number of Topliss-reactive ketones (excluding diaryl/α,β-unsaturated/α-hetero) is 1. The number of quaternary nitrogens is 1. The van der Waals surface area contributed by atoms with Crippen LogP contribution in [0, 0.1) is 11.8 Å². The molecule has 1 N–H and O–H groups in total. The molecular formula is C10H21NO3. The van der Waals surface area contributed by atoms with Crippen molar-refractivity contribution >= 4 is 11.8 Å². The SMILES string of the molecule is CC(=O)C(C(=O)[O-])C(C)C.C[NH+](C)C. The highest BCUT2D eigenvalue weighted by atomic mass is 16.4. The van der Waals surface area contributed by atoms with Crippen molar-refractivity contribution in [1.82, 2.24) is 0 Å². The molecule has 1 unspecified atom stereocenters. The second-order valence-corrected chi connectivity index (χ2v) is 4.15. The van der Waals surface area contributed by atoms with Gasteiger partial charge in [-0.15, -0.1) is 0 Å². The normalized spacial score (nSPS) is 12.0. The first kappa shape index (κ1) is 15.6. The Kier molecular flexibility index (Phi) is 8.34. The number of ketones is 1. The monoisotopic (exact) mass is 203 g/mol. The summed E-state index contributed by atoms with van der Waals surface area (Å²) < 4.78 is 0. The van der Waals surface area contributed by atoms with Crippen LogP contribution in [-0.4, -0.2) is 32.9 Å². The third-order valence-electron chi connectivity index (χ3n) is 1.36. The molecule has 4 heteroatoms. The van der Waals surface area contributed by atoms with E-state index in [1.165, 1.54) is 11.8 Å². The van der Waals surface area contributed by atoms with E-state index in [4.69, 9.17) is 0 Å². The zero-order chi connectivity index (χ0) is 11.9. The van der Waals surface area contributed by atoms with E-state index < -0.39 is 11.9 Å². The van der Waals surface area contributed by atoms with Crippen molar-refractivity contribution in [1.29, 1.82) is 0 Å². The fourth-order valence-corrected chi connectivity index (χ4v) is 0.908. The molecule has 0 saturated heterocycles. The summed E-state index contributed by atoms with van der Waals surface area (Å²) in [4.78, 5) is 22.3. The Bertz CT molecular complexity index is 171. The smallest absolute Gasteiger partial charge is 0.138 e. The van der Waals surface area contributed by atoms with E-state index in [0.29, 0.717) is 0 Å². The highest BCUT2D eigenvalue weighted by molar-refractivity contribution is 5.96. The number of carboxylic acids is 1. The highest BCUT2D eigenvalue weighted by Gasteiger charge is 2.18. The third kappa shape index (κ3) is 9.19. The average Bonchev–Trinajstić information content (AvgIpc) is 1.80. The average molecular weight is 203 g/mol. The summed E-state index contributed by atoms with van der Waals surface area (Å²) in [6.07, 6.45) is 0. The van der Waals surface area contributed by atoms with Crippen molar-refractivity contribution in [2.24, 2.45) is 11.8 Å². The van der Waals surface area contributed by atoms with Gasteiger partial charge in [0.25, 0.3) is 0 Å². The van der Waals surface area contributed by atoms with E-state index in [9.17, 15) is 14.7 Å². The summed E-state index contributed by atoms with van der Waals surface area (Å²) in [5, 5.41) is 10.3. The molecule has 0 bridgehead atoms. The molecule has 1 atom stereocenters. The van der Waals surface area contributed by atoms with Crippen LogP contribution in [0.5, 0.6) is 0 Å². The van der Waals surface area contributed by atoms with Crippen LogP contribution in [0.1, 0.15) is 20.8 Å². The zero-order valence-electron chi connectivity index (χ0n) is 9.88. The number of rotatable bonds is 3. The Balaban J connectivity index is 0. The van der Waals surface area contributed by atoms with Crippen LogP contribution >= 0.6 is 0 Å². The largest absolute Gasteiger partial charge is 0.549 e. The Labute approximate surface area is 85.9 Å². The Morgan fingerprint density at radius 2 is 1.43 bits per heavy atom. The number of aliphatic carboxylic acids is 1. The molecule has 0 spiro atoms. The quantitative estimate of drug-likeness (QED) is 0.560. The van der Waals surface area contributed by atoms with Gasteiger partial charge in [0.15, 0.2) is 0 Å².